The molecule has 2 fully saturated rings. The maximum atomic E-state index is 13.1. The van der Waals surface area contributed by atoms with E-state index in [2.05, 4.69) is 10.00 Å². The lowest BCUT2D eigenvalue weighted by molar-refractivity contribution is 0.0303. The topological polar surface area (TPSA) is 70.9 Å². The van der Waals surface area contributed by atoms with Gasteiger partial charge in [-0.15, -0.1) is 0 Å². The van der Waals surface area contributed by atoms with E-state index in [1.807, 2.05) is 48.5 Å². The normalized spacial score (nSPS) is 17.0. The second kappa shape index (κ2) is 11.0. The summed E-state index contributed by atoms with van der Waals surface area (Å²) < 4.78 is 6.57. The van der Waals surface area contributed by atoms with Crippen molar-refractivity contribution in [2.45, 2.75) is 6.04 Å². The van der Waals surface area contributed by atoms with Gasteiger partial charge in [-0.05, 0) is 35.4 Å². The number of nitrogens with zero attached hydrogens (tertiary/aromatic N) is 5. The fourth-order valence-corrected chi connectivity index (χ4v) is 4.96. The highest BCUT2D eigenvalue weighted by Crippen LogP contribution is 2.31. The molecule has 0 saturated carbocycles. The van der Waals surface area contributed by atoms with Crippen molar-refractivity contribution in [3.8, 4) is 0 Å². The Bertz CT molecular complexity index is 1160. The molecule has 0 aliphatic carbocycles. The number of piperazine rings is 1. The third kappa shape index (κ3) is 5.42. The van der Waals surface area contributed by atoms with Gasteiger partial charge in [0.25, 0.3) is 5.91 Å². The van der Waals surface area contributed by atoms with Crippen molar-refractivity contribution in [2.75, 3.05) is 52.5 Å². The van der Waals surface area contributed by atoms with Gasteiger partial charge >= 0.3 is 6.03 Å². The molecule has 3 aromatic rings. The zero-order valence-corrected chi connectivity index (χ0v) is 21.2. The molecule has 188 valence electrons. The van der Waals surface area contributed by atoms with E-state index in [1.54, 1.807) is 9.80 Å². The summed E-state index contributed by atoms with van der Waals surface area (Å²) >= 11 is 12.3. The molecule has 0 atom stereocenters. The van der Waals surface area contributed by atoms with Crippen molar-refractivity contribution >= 4 is 35.1 Å². The van der Waals surface area contributed by atoms with Gasteiger partial charge in [-0.2, -0.15) is 9.78 Å². The average molecular weight is 528 g/mol. The third-order valence-electron chi connectivity index (χ3n) is 6.65. The van der Waals surface area contributed by atoms with E-state index in [1.165, 1.54) is 17.1 Å². The van der Waals surface area contributed by atoms with Crippen molar-refractivity contribution in [1.29, 1.82) is 0 Å². The van der Waals surface area contributed by atoms with E-state index in [0.717, 1.165) is 11.1 Å². The number of hydrogen-bond donors (Lipinski definition) is 0. The molecule has 0 unspecified atom stereocenters. The first-order valence-corrected chi connectivity index (χ1v) is 12.7. The molecule has 5 rings (SSSR count). The number of halogens is 2. The highest BCUT2D eigenvalue weighted by Gasteiger charge is 2.29. The van der Waals surface area contributed by atoms with Gasteiger partial charge in [-0.25, -0.2) is 4.79 Å². The van der Waals surface area contributed by atoms with Crippen molar-refractivity contribution in [1.82, 2.24) is 24.5 Å². The van der Waals surface area contributed by atoms with E-state index in [-0.39, 0.29) is 18.0 Å². The summed E-state index contributed by atoms with van der Waals surface area (Å²) in [6, 6.07) is 15.5. The Morgan fingerprint density at radius 2 is 1.33 bits per heavy atom. The molecule has 10 heteroatoms. The number of carbonyl (C=O) groups is 2. The predicted octanol–water partition coefficient (Wildman–Crippen LogP) is 4.04. The summed E-state index contributed by atoms with van der Waals surface area (Å²) in [4.78, 5) is 31.7. The van der Waals surface area contributed by atoms with E-state index in [9.17, 15) is 9.59 Å². The summed E-state index contributed by atoms with van der Waals surface area (Å²) in [6.45, 7) is 4.59. The smallest absolute Gasteiger partial charge is 0.344 e. The number of amides is 2. The molecular formula is C26H27Cl2N5O3. The number of carbonyl (C=O) groups excluding carboxylic acids is 2. The van der Waals surface area contributed by atoms with Crippen molar-refractivity contribution in [3.05, 3.63) is 87.7 Å². The molecule has 2 saturated heterocycles. The molecule has 36 heavy (non-hydrogen) atoms. The van der Waals surface area contributed by atoms with E-state index in [4.69, 9.17) is 27.9 Å². The van der Waals surface area contributed by atoms with Crippen LogP contribution in [0.3, 0.4) is 0 Å². The monoisotopic (exact) mass is 527 g/mol. The van der Waals surface area contributed by atoms with Gasteiger partial charge < -0.3 is 14.5 Å². The highest BCUT2D eigenvalue weighted by atomic mass is 35.5. The first-order valence-electron chi connectivity index (χ1n) is 12.0. The largest absolute Gasteiger partial charge is 0.378 e. The molecule has 3 heterocycles. The highest BCUT2D eigenvalue weighted by molar-refractivity contribution is 6.30. The Labute approximate surface area is 219 Å². The van der Waals surface area contributed by atoms with Crippen LogP contribution in [-0.2, 0) is 4.74 Å². The van der Waals surface area contributed by atoms with Crippen LogP contribution in [0.5, 0.6) is 0 Å². The Hall–Kier alpha value is -2.91. The number of ether oxygens (including phenoxy) is 1. The van der Waals surface area contributed by atoms with Crippen LogP contribution in [0.15, 0.2) is 60.9 Å². The molecule has 2 aliphatic rings. The minimum atomic E-state index is -0.231. The van der Waals surface area contributed by atoms with Gasteiger partial charge in [0.1, 0.15) is 0 Å². The van der Waals surface area contributed by atoms with Gasteiger partial charge in [0.15, 0.2) is 0 Å². The number of rotatable bonds is 4. The van der Waals surface area contributed by atoms with Gasteiger partial charge in [-0.1, -0.05) is 47.5 Å². The molecule has 8 nitrogen and oxygen atoms in total. The maximum Gasteiger partial charge on any atom is 0.344 e. The quantitative estimate of drug-likeness (QED) is 0.512. The summed E-state index contributed by atoms with van der Waals surface area (Å²) in [6.07, 6.45) is 2.99. The zero-order chi connectivity index (χ0) is 25.1. The minimum absolute atomic E-state index is 0.0132. The van der Waals surface area contributed by atoms with Crippen molar-refractivity contribution in [2.24, 2.45) is 0 Å². The molecule has 2 aliphatic heterocycles. The Morgan fingerprint density at radius 1 is 0.778 bits per heavy atom. The van der Waals surface area contributed by atoms with E-state index >= 15 is 0 Å². The Kier molecular flexibility index (Phi) is 7.57. The van der Waals surface area contributed by atoms with Gasteiger partial charge in [0, 0.05) is 55.5 Å². The van der Waals surface area contributed by atoms with Crippen LogP contribution in [0.1, 0.15) is 27.5 Å². The third-order valence-corrected chi connectivity index (χ3v) is 7.15. The number of morpholine rings is 1. The molecule has 1 aromatic heterocycles. The van der Waals surface area contributed by atoms with Crippen molar-refractivity contribution < 1.29 is 14.3 Å². The Morgan fingerprint density at radius 3 is 1.89 bits per heavy atom. The minimum Gasteiger partial charge on any atom is -0.378 e. The van der Waals surface area contributed by atoms with Crippen LogP contribution in [-0.4, -0.2) is 88.9 Å². The first-order chi connectivity index (χ1) is 17.5. The average Bonchev–Trinajstić information content (AvgIpc) is 3.41. The van der Waals surface area contributed by atoms with Crippen LogP contribution in [0.4, 0.5) is 4.79 Å². The number of aromatic nitrogens is 2. The molecule has 2 amide bonds. The molecule has 0 spiro atoms. The van der Waals surface area contributed by atoms with Crippen LogP contribution < -0.4 is 0 Å². The summed E-state index contributed by atoms with van der Waals surface area (Å²) in [7, 11) is 0. The lowest BCUT2D eigenvalue weighted by Crippen LogP contribution is -2.51. The lowest BCUT2D eigenvalue weighted by Gasteiger charge is -2.39. The van der Waals surface area contributed by atoms with Gasteiger partial charge in [0.05, 0.1) is 31.0 Å². The van der Waals surface area contributed by atoms with E-state index < -0.39 is 0 Å². The molecule has 2 aromatic carbocycles. The lowest BCUT2D eigenvalue weighted by atomic mass is 9.96. The molecular weight excluding hydrogens is 501 g/mol. The molecule has 0 radical (unpaired) electrons. The van der Waals surface area contributed by atoms with Crippen molar-refractivity contribution in [3.63, 3.8) is 0 Å². The predicted molar refractivity (Wildman–Crippen MR) is 138 cm³/mol. The maximum absolute atomic E-state index is 13.1. The van der Waals surface area contributed by atoms with Crippen LogP contribution in [0.2, 0.25) is 10.0 Å². The molecule has 0 N–H and O–H groups in total. The fraction of sp³-hybridized carbons (Fsp3) is 0.346. The van der Waals surface area contributed by atoms with Gasteiger partial charge in [-0.3, -0.25) is 9.69 Å². The second-order valence-electron chi connectivity index (χ2n) is 8.89. The SMILES string of the molecule is O=C(c1cnn(C(=O)N2CCN(C(c3ccc(Cl)cc3)c3ccc(Cl)cc3)CC2)c1)N1CCOCC1. The first kappa shape index (κ1) is 24.8. The molecule has 0 bridgehead atoms. The Balaban J connectivity index is 1.27. The summed E-state index contributed by atoms with van der Waals surface area (Å²) in [5.74, 6) is -0.129. The van der Waals surface area contributed by atoms with Crippen LogP contribution >= 0.6 is 23.2 Å². The second-order valence-corrected chi connectivity index (χ2v) is 9.76. The fourth-order valence-electron chi connectivity index (χ4n) is 4.71. The number of benzene rings is 2. The zero-order valence-electron chi connectivity index (χ0n) is 19.7. The summed E-state index contributed by atoms with van der Waals surface area (Å²) in [5.41, 5.74) is 2.66. The summed E-state index contributed by atoms with van der Waals surface area (Å²) in [5, 5.41) is 5.56. The van der Waals surface area contributed by atoms with Crippen LogP contribution in [0.25, 0.3) is 0 Å². The van der Waals surface area contributed by atoms with Gasteiger partial charge in [0.2, 0.25) is 0 Å². The number of hydrogen-bond acceptors (Lipinski definition) is 5. The van der Waals surface area contributed by atoms with Crippen LogP contribution in [0, 0.1) is 0 Å². The standard InChI is InChI=1S/C26H27Cl2N5O3/c27-22-5-1-19(2-6-22)24(20-3-7-23(28)8-4-20)30-9-11-32(12-10-30)26(35)33-18-21(17-29-33)25(34)31-13-15-36-16-14-31/h1-8,17-18,24H,9-16H2. The van der Waals surface area contributed by atoms with E-state index in [0.29, 0.717) is 68.1 Å².